The molecule has 1 saturated carbocycles. The Morgan fingerprint density at radius 2 is 1.95 bits per heavy atom. The van der Waals surface area contributed by atoms with Gasteiger partial charge in [-0.25, -0.2) is 0 Å². The van der Waals surface area contributed by atoms with Gasteiger partial charge in [0.15, 0.2) is 0 Å². The molecular weight excluding hydrogens is 238 g/mol. The van der Waals surface area contributed by atoms with Crippen LogP contribution in [0.15, 0.2) is 0 Å². The monoisotopic (exact) mass is 265 g/mol. The van der Waals surface area contributed by atoms with Crippen molar-refractivity contribution in [2.75, 3.05) is 26.7 Å². The van der Waals surface area contributed by atoms with Gasteiger partial charge in [-0.15, -0.1) is 0 Å². The zero-order valence-corrected chi connectivity index (χ0v) is 12.5. The van der Waals surface area contributed by atoms with Gasteiger partial charge < -0.3 is 10.2 Å². The molecule has 0 spiro atoms. The molecule has 2 aliphatic heterocycles. The molecule has 2 saturated heterocycles. The molecular formula is C15H27N3O. The summed E-state index contributed by atoms with van der Waals surface area (Å²) < 4.78 is 0. The molecule has 4 heteroatoms. The predicted octanol–water partition coefficient (Wildman–Crippen LogP) is 1.07. The average molecular weight is 265 g/mol. The van der Waals surface area contributed by atoms with Crippen LogP contribution < -0.4 is 5.32 Å². The largest absolute Gasteiger partial charge is 0.350 e. The average Bonchev–Trinajstić information content (AvgIpc) is 2.45. The van der Waals surface area contributed by atoms with E-state index in [2.05, 4.69) is 36.0 Å². The Balaban J connectivity index is 1.92. The van der Waals surface area contributed by atoms with Crippen LogP contribution in [0.5, 0.6) is 0 Å². The Labute approximate surface area is 116 Å². The number of carbonyl (C=O) groups excluding carboxylic acids is 1. The number of nitrogens with zero attached hydrogens (tertiary/aromatic N) is 2. The van der Waals surface area contributed by atoms with Crippen molar-refractivity contribution in [3.8, 4) is 0 Å². The van der Waals surface area contributed by atoms with Gasteiger partial charge in [0.2, 0.25) is 5.91 Å². The molecule has 1 aliphatic carbocycles. The van der Waals surface area contributed by atoms with E-state index in [0.717, 1.165) is 26.1 Å². The maximum Gasteiger partial charge on any atom is 0.238 e. The fourth-order valence-corrected chi connectivity index (χ4v) is 4.53. The third-order valence-electron chi connectivity index (χ3n) is 5.22. The van der Waals surface area contributed by atoms with E-state index in [4.69, 9.17) is 0 Å². The minimum Gasteiger partial charge on any atom is -0.350 e. The summed E-state index contributed by atoms with van der Waals surface area (Å²) in [6.07, 6.45) is 5.00. The fourth-order valence-electron chi connectivity index (χ4n) is 4.53. The van der Waals surface area contributed by atoms with E-state index < -0.39 is 0 Å². The first-order chi connectivity index (χ1) is 8.99. The van der Waals surface area contributed by atoms with Crippen molar-refractivity contribution >= 4 is 5.91 Å². The highest BCUT2D eigenvalue weighted by Gasteiger charge is 2.50. The first kappa shape index (κ1) is 13.4. The van der Waals surface area contributed by atoms with Gasteiger partial charge in [0.25, 0.3) is 0 Å². The maximum atomic E-state index is 12.6. The van der Waals surface area contributed by atoms with Crippen LogP contribution in [0.3, 0.4) is 0 Å². The van der Waals surface area contributed by atoms with Crippen LogP contribution in [0.4, 0.5) is 0 Å². The summed E-state index contributed by atoms with van der Waals surface area (Å²) in [5, 5.41) is 3.32. The van der Waals surface area contributed by atoms with Crippen LogP contribution in [0, 0.1) is 5.41 Å². The molecule has 0 bridgehead atoms. The lowest BCUT2D eigenvalue weighted by Crippen LogP contribution is -2.69. The minimum atomic E-state index is 0.0255. The second-order valence-corrected chi connectivity index (χ2v) is 7.33. The van der Waals surface area contributed by atoms with Crippen molar-refractivity contribution in [3.63, 3.8) is 0 Å². The van der Waals surface area contributed by atoms with Crippen LogP contribution in [0.1, 0.15) is 39.5 Å². The Bertz CT molecular complexity index is 368. The summed E-state index contributed by atoms with van der Waals surface area (Å²) in [5.41, 5.74) is 0.0255. The molecule has 3 atom stereocenters. The molecule has 0 radical (unpaired) electrons. The summed E-state index contributed by atoms with van der Waals surface area (Å²) in [6.45, 7) is 7.61. The summed E-state index contributed by atoms with van der Waals surface area (Å²) in [6, 6.07) is 1.02. The highest BCUT2D eigenvalue weighted by molar-refractivity contribution is 5.84. The van der Waals surface area contributed by atoms with Gasteiger partial charge >= 0.3 is 0 Å². The highest BCUT2D eigenvalue weighted by Crippen LogP contribution is 2.36. The van der Waals surface area contributed by atoms with E-state index in [1.807, 2.05) is 0 Å². The molecule has 3 fully saturated rings. The summed E-state index contributed by atoms with van der Waals surface area (Å²) in [5.74, 6) is 0.267. The van der Waals surface area contributed by atoms with Gasteiger partial charge in [0, 0.05) is 37.1 Å². The summed E-state index contributed by atoms with van der Waals surface area (Å²) in [4.78, 5) is 17.5. The molecule has 1 amide bonds. The van der Waals surface area contributed by atoms with Gasteiger partial charge in [-0.05, 0) is 19.9 Å². The van der Waals surface area contributed by atoms with E-state index in [1.165, 1.54) is 19.3 Å². The van der Waals surface area contributed by atoms with Crippen molar-refractivity contribution in [1.82, 2.24) is 15.1 Å². The second kappa shape index (κ2) is 4.74. The molecule has 4 nitrogen and oxygen atoms in total. The number of carbonyl (C=O) groups is 1. The van der Waals surface area contributed by atoms with Crippen LogP contribution in [0.25, 0.3) is 0 Å². The van der Waals surface area contributed by atoms with Gasteiger partial charge in [0.1, 0.15) is 0 Å². The van der Waals surface area contributed by atoms with Crippen molar-refractivity contribution in [3.05, 3.63) is 0 Å². The van der Waals surface area contributed by atoms with E-state index in [1.54, 1.807) is 0 Å². The third kappa shape index (κ3) is 2.29. The van der Waals surface area contributed by atoms with E-state index in [-0.39, 0.29) is 17.4 Å². The SMILES string of the molecule is CN1CCN2C3CCCCC3NC(=O)C2C(C)(C)C1. The fraction of sp³-hybridized carbons (Fsp3) is 0.933. The molecule has 19 heavy (non-hydrogen) atoms. The molecule has 3 unspecified atom stereocenters. The predicted molar refractivity (Wildman–Crippen MR) is 76.0 cm³/mol. The van der Waals surface area contributed by atoms with Crippen molar-refractivity contribution < 1.29 is 4.79 Å². The van der Waals surface area contributed by atoms with E-state index >= 15 is 0 Å². The van der Waals surface area contributed by atoms with E-state index in [0.29, 0.717) is 12.1 Å². The Kier molecular flexibility index (Phi) is 3.34. The van der Waals surface area contributed by atoms with Gasteiger partial charge in [-0.2, -0.15) is 0 Å². The standard InChI is InChI=1S/C15H27N3O/c1-15(2)10-17(3)8-9-18-12-7-5-4-6-11(12)16-14(19)13(15)18/h11-13H,4-10H2,1-3H3,(H,16,19). The third-order valence-corrected chi connectivity index (χ3v) is 5.22. The van der Waals surface area contributed by atoms with Crippen molar-refractivity contribution in [2.45, 2.75) is 57.7 Å². The highest BCUT2D eigenvalue weighted by atomic mass is 16.2. The number of amides is 1. The smallest absolute Gasteiger partial charge is 0.238 e. The number of piperazine rings is 1. The van der Waals surface area contributed by atoms with Crippen LogP contribution in [0.2, 0.25) is 0 Å². The summed E-state index contributed by atoms with van der Waals surface area (Å²) >= 11 is 0. The lowest BCUT2D eigenvalue weighted by Gasteiger charge is -2.51. The number of hydrogen-bond donors (Lipinski definition) is 1. The van der Waals surface area contributed by atoms with Crippen LogP contribution in [-0.4, -0.2) is 60.5 Å². The van der Waals surface area contributed by atoms with Crippen molar-refractivity contribution in [1.29, 1.82) is 0 Å². The molecule has 3 aliphatic rings. The summed E-state index contributed by atoms with van der Waals surface area (Å²) in [7, 11) is 2.18. The molecule has 0 aromatic heterocycles. The molecule has 108 valence electrons. The lowest BCUT2D eigenvalue weighted by atomic mass is 9.77. The first-order valence-electron chi connectivity index (χ1n) is 7.74. The lowest BCUT2D eigenvalue weighted by molar-refractivity contribution is -0.139. The Morgan fingerprint density at radius 1 is 1.21 bits per heavy atom. The molecule has 1 N–H and O–H groups in total. The van der Waals surface area contributed by atoms with E-state index in [9.17, 15) is 4.79 Å². The molecule has 3 rings (SSSR count). The van der Waals surface area contributed by atoms with Gasteiger partial charge in [0.05, 0.1) is 6.04 Å². The molecule has 0 aromatic rings. The quantitative estimate of drug-likeness (QED) is 0.711. The van der Waals surface area contributed by atoms with Gasteiger partial charge in [-0.3, -0.25) is 9.69 Å². The van der Waals surface area contributed by atoms with Crippen LogP contribution >= 0.6 is 0 Å². The molecule has 2 heterocycles. The molecule has 0 aromatic carbocycles. The van der Waals surface area contributed by atoms with Crippen LogP contribution in [-0.2, 0) is 4.79 Å². The maximum absolute atomic E-state index is 12.6. The number of likely N-dealkylation sites (N-methyl/N-ethyl adjacent to an activating group) is 1. The number of nitrogens with one attached hydrogen (secondary N) is 1. The number of fused-ring (bicyclic) bond motifs is 3. The zero-order chi connectivity index (χ0) is 13.6. The second-order valence-electron chi connectivity index (χ2n) is 7.33. The number of hydrogen-bond acceptors (Lipinski definition) is 3. The Morgan fingerprint density at radius 3 is 2.74 bits per heavy atom. The minimum absolute atomic E-state index is 0.0255. The van der Waals surface area contributed by atoms with Crippen molar-refractivity contribution in [2.24, 2.45) is 5.41 Å². The number of rotatable bonds is 0. The topological polar surface area (TPSA) is 35.6 Å². The van der Waals surface area contributed by atoms with Gasteiger partial charge in [-0.1, -0.05) is 26.7 Å². The zero-order valence-electron chi connectivity index (χ0n) is 12.5. The first-order valence-corrected chi connectivity index (χ1v) is 7.74. The normalized spacial score (nSPS) is 39.9. The Hall–Kier alpha value is -0.610.